The van der Waals surface area contributed by atoms with Crippen LogP contribution in [0.2, 0.25) is 0 Å². The van der Waals surface area contributed by atoms with Gasteiger partial charge in [-0.25, -0.2) is 23.1 Å². The van der Waals surface area contributed by atoms with Gasteiger partial charge < -0.3 is 15.0 Å². The molecule has 1 aliphatic heterocycles. The molecule has 138 valence electrons. The number of ether oxygens (including phenoxy) is 1. The zero-order valence-electron chi connectivity index (χ0n) is 14.1. The number of carbonyl (C=O) groups is 1. The van der Waals surface area contributed by atoms with E-state index in [1.165, 1.54) is 0 Å². The zero-order valence-corrected chi connectivity index (χ0v) is 14.1. The second kappa shape index (κ2) is 7.69. The second-order valence-corrected chi connectivity index (χ2v) is 5.81. The zero-order chi connectivity index (χ0) is 18.7. The molecule has 0 unspecified atom stereocenters. The van der Waals surface area contributed by atoms with E-state index in [0.717, 1.165) is 6.07 Å². The molecular weight excluding hydrogens is 349 g/mol. The maximum atomic E-state index is 13.7. The number of carbonyl (C=O) groups excluding carboxylic acids is 1. The fourth-order valence-electron chi connectivity index (χ4n) is 2.58. The molecule has 1 fully saturated rings. The average Bonchev–Trinajstić information content (AvgIpc) is 2.64. The Hall–Kier alpha value is -2.68. The third-order valence-corrected chi connectivity index (χ3v) is 3.90. The van der Waals surface area contributed by atoms with Crippen LogP contribution in [0.15, 0.2) is 18.2 Å². The van der Waals surface area contributed by atoms with E-state index in [1.807, 2.05) is 4.90 Å². The van der Waals surface area contributed by atoms with Crippen molar-refractivity contribution in [2.45, 2.75) is 13.5 Å². The van der Waals surface area contributed by atoms with Gasteiger partial charge in [0.15, 0.2) is 17.5 Å². The van der Waals surface area contributed by atoms with Gasteiger partial charge >= 0.3 is 0 Å². The summed E-state index contributed by atoms with van der Waals surface area (Å²) < 4.78 is 45.2. The smallest absolute Gasteiger partial charge is 0.254 e. The summed E-state index contributed by atoms with van der Waals surface area (Å²) in [7, 11) is 0. The van der Waals surface area contributed by atoms with Crippen LogP contribution in [-0.4, -0.2) is 42.2 Å². The van der Waals surface area contributed by atoms with Crippen LogP contribution in [0.5, 0.6) is 0 Å². The predicted octanol–water partition coefficient (Wildman–Crippen LogP) is 1.97. The van der Waals surface area contributed by atoms with E-state index in [2.05, 4.69) is 15.3 Å². The van der Waals surface area contributed by atoms with Gasteiger partial charge in [-0.2, -0.15) is 0 Å². The summed E-state index contributed by atoms with van der Waals surface area (Å²) in [5.41, 5.74) is 0.670. The van der Waals surface area contributed by atoms with E-state index in [1.54, 1.807) is 13.0 Å². The highest BCUT2D eigenvalue weighted by molar-refractivity contribution is 5.94. The van der Waals surface area contributed by atoms with Crippen LogP contribution in [0, 0.1) is 24.4 Å². The van der Waals surface area contributed by atoms with E-state index in [-0.39, 0.29) is 6.54 Å². The summed E-state index contributed by atoms with van der Waals surface area (Å²) in [6.45, 7) is 4.28. The fourth-order valence-corrected chi connectivity index (χ4v) is 2.58. The van der Waals surface area contributed by atoms with Crippen LogP contribution in [-0.2, 0) is 11.3 Å². The third kappa shape index (κ3) is 3.93. The Kier molecular flexibility index (Phi) is 5.36. The molecule has 6 nitrogen and oxygen atoms in total. The van der Waals surface area contributed by atoms with Crippen LogP contribution in [0.1, 0.15) is 21.7 Å². The van der Waals surface area contributed by atoms with Crippen molar-refractivity contribution in [3.05, 3.63) is 52.6 Å². The molecule has 1 aromatic carbocycles. The van der Waals surface area contributed by atoms with Crippen molar-refractivity contribution in [1.29, 1.82) is 0 Å². The molecule has 2 heterocycles. The molecule has 2 aromatic rings. The number of hydrogen-bond donors (Lipinski definition) is 1. The highest BCUT2D eigenvalue weighted by Crippen LogP contribution is 2.16. The van der Waals surface area contributed by atoms with Crippen molar-refractivity contribution >= 4 is 11.9 Å². The Morgan fingerprint density at radius 1 is 1.19 bits per heavy atom. The monoisotopic (exact) mass is 366 g/mol. The molecule has 0 atom stereocenters. The largest absolute Gasteiger partial charge is 0.378 e. The van der Waals surface area contributed by atoms with Crippen LogP contribution >= 0.6 is 0 Å². The highest BCUT2D eigenvalue weighted by atomic mass is 19.2. The molecule has 1 saturated heterocycles. The number of aryl methyl sites for hydroxylation is 1. The van der Waals surface area contributed by atoms with Crippen molar-refractivity contribution < 1.29 is 22.7 Å². The van der Waals surface area contributed by atoms with Gasteiger partial charge in [0.25, 0.3) is 5.91 Å². The Morgan fingerprint density at radius 3 is 2.65 bits per heavy atom. The first-order valence-corrected chi connectivity index (χ1v) is 8.04. The molecule has 1 amide bonds. The lowest BCUT2D eigenvalue weighted by Gasteiger charge is -2.27. The summed E-state index contributed by atoms with van der Waals surface area (Å²) in [5.74, 6) is -4.87. The topological polar surface area (TPSA) is 67.4 Å². The molecule has 26 heavy (non-hydrogen) atoms. The highest BCUT2D eigenvalue weighted by Gasteiger charge is 2.19. The fraction of sp³-hybridized carbons (Fsp3) is 0.353. The first-order chi connectivity index (χ1) is 12.5. The summed E-state index contributed by atoms with van der Waals surface area (Å²) in [6, 6.07) is 3.29. The molecule has 1 aliphatic rings. The van der Waals surface area contributed by atoms with Gasteiger partial charge in [-0.05, 0) is 25.1 Å². The number of amides is 1. The lowest BCUT2D eigenvalue weighted by atomic mass is 10.2. The summed E-state index contributed by atoms with van der Waals surface area (Å²) >= 11 is 0. The van der Waals surface area contributed by atoms with Gasteiger partial charge in [0, 0.05) is 18.8 Å². The van der Waals surface area contributed by atoms with Gasteiger partial charge in [0.05, 0.1) is 31.0 Å². The number of morpholine rings is 1. The average molecular weight is 366 g/mol. The van der Waals surface area contributed by atoms with Crippen LogP contribution in [0.25, 0.3) is 0 Å². The third-order valence-electron chi connectivity index (χ3n) is 3.90. The first kappa shape index (κ1) is 18.1. The molecule has 3 rings (SSSR count). The number of nitrogens with zero attached hydrogens (tertiary/aromatic N) is 3. The normalized spacial score (nSPS) is 14.4. The molecule has 0 aliphatic carbocycles. The summed E-state index contributed by atoms with van der Waals surface area (Å²) in [4.78, 5) is 22.8. The maximum Gasteiger partial charge on any atom is 0.254 e. The second-order valence-electron chi connectivity index (χ2n) is 5.81. The number of hydrogen-bond acceptors (Lipinski definition) is 5. The molecular formula is C17H17F3N4O2. The van der Waals surface area contributed by atoms with E-state index < -0.39 is 28.9 Å². The molecule has 0 radical (unpaired) electrons. The van der Waals surface area contributed by atoms with Crippen molar-refractivity contribution in [2.75, 3.05) is 31.2 Å². The first-order valence-electron chi connectivity index (χ1n) is 8.04. The Labute approximate surface area is 148 Å². The van der Waals surface area contributed by atoms with Crippen LogP contribution in [0.3, 0.4) is 0 Å². The van der Waals surface area contributed by atoms with Crippen LogP contribution < -0.4 is 10.2 Å². The van der Waals surface area contributed by atoms with Gasteiger partial charge in [-0.3, -0.25) is 4.79 Å². The van der Waals surface area contributed by atoms with Crippen molar-refractivity contribution in [2.24, 2.45) is 0 Å². The standard InChI is InChI=1S/C17H17F3N4O2/c1-10-8-11(23-17(22-10)24-4-6-26-7-5-24)9-21-16(25)12-2-3-13(18)15(20)14(12)19/h2-3,8H,4-7,9H2,1H3,(H,21,25). The minimum Gasteiger partial charge on any atom is -0.378 e. The van der Waals surface area contributed by atoms with E-state index in [4.69, 9.17) is 4.74 Å². The number of aromatic nitrogens is 2. The van der Waals surface area contributed by atoms with Crippen molar-refractivity contribution in [3.8, 4) is 0 Å². The maximum absolute atomic E-state index is 13.7. The van der Waals surface area contributed by atoms with Crippen molar-refractivity contribution in [3.63, 3.8) is 0 Å². The quantitative estimate of drug-likeness (QED) is 0.838. The minimum atomic E-state index is -1.68. The Bertz CT molecular complexity index is 826. The SMILES string of the molecule is Cc1cc(CNC(=O)c2ccc(F)c(F)c2F)nc(N2CCOCC2)n1. The Balaban J connectivity index is 1.72. The van der Waals surface area contributed by atoms with Crippen LogP contribution in [0.4, 0.5) is 19.1 Å². The van der Waals surface area contributed by atoms with Gasteiger partial charge in [0.2, 0.25) is 5.95 Å². The number of halogens is 3. The molecule has 0 saturated carbocycles. The van der Waals surface area contributed by atoms with E-state index >= 15 is 0 Å². The minimum absolute atomic E-state index is 0.00202. The van der Waals surface area contributed by atoms with Crippen molar-refractivity contribution in [1.82, 2.24) is 15.3 Å². The Morgan fingerprint density at radius 2 is 1.92 bits per heavy atom. The number of benzene rings is 1. The number of rotatable bonds is 4. The molecule has 1 aromatic heterocycles. The lowest BCUT2D eigenvalue weighted by Crippen LogP contribution is -2.37. The molecule has 1 N–H and O–H groups in total. The number of anilines is 1. The molecule has 0 spiro atoms. The van der Waals surface area contributed by atoms with Gasteiger partial charge in [-0.1, -0.05) is 0 Å². The van der Waals surface area contributed by atoms with E-state index in [0.29, 0.717) is 49.7 Å². The lowest BCUT2D eigenvalue weighted by molar-refractivity contribution is 0.0945. The summed E-state index contributed by atoms with van der Waals surface area (Å²) in [5, 5.41) is 2.46. The van der Waals surface area contributed by atoms with Gasteiger partial charge in [-0.15, -0.1) is 0 Å². The summed E-state index contributed by atoms with van der Waals surface area (Å²) in [6.07, 6.45) is 0. The molecule has 9 heteroatoms. The molecule has 0 bridgehead atoms. The van der Waals surface area contributed by atoms with Gasteiger partial charge in [0.1, 0.15) is 0 Å². The number of nitrogens with one attached hydrogen (secondary N) is 1. The predicted molar refractivity (Wildman–Crippen MR) is 87.3 cm³/mol. The van der Waals surface area contributed by atoms with E-state index in [9.17, 15) is 18.0 Å².